The molecule has 0 heteroatoms. The Kier molecular flexibility index (Phi) is 7.05. The molecule has 0 amide bonds. The molecule has 0 saturated carbocycles. The van der Waals surface area contributed by atoms with Crippen LogP contribution in [0, 0.1) is 13.8 Å². The van der Waals surface area contributed by atoms with Gasteiger partial charge in [-0.25, -0.2) is 0 Å². The molecule has 0 rings (SSSR count). The zero-order valence-electron chi connectivity index (χ0n) is 5.84. The molecular formula is C9H14. The first-order chi connectivity index (χ1) is 4.41. The number of allylic oxidation sites excluding steroid dienone is 4. The van der Waals surface area contributed by atoms with Crippen LogP contribution >= 0.6 is 0 Å². The highest BCUT2D eigenvalue weighted by Crippen LogP contribution is 1.88. The van der Waals surface area contributed by atoms with Crippen LogP contribution in [0.5, 0.6) is 0 Å². The third kappa shape index (κ3) is 7.48. The first-order valence-electron chi connectivity index (χ1n) is 3.32. The standard InChI is InChI=1S/C9H14/c1-3-5-7-9-8-6-4-2/h5,7-9H,1-4,6H2/b7-5+,9-8+. The molecule has 0 aliphatic rings. The Morgan fingerprint density at radius 1 is 1.00 bits per heavy atom. The van der Waals surface area contributed by atoms with Crippen LogP contribution in [-0.2, 0) is 0 Å². The molecule has 0 aromatic carbocycles. The Morgan fingerprint density at radius 2 is 1.67 bits per heavy atom. The molecule has 0 unspecified atom stereocenters. The van der Waals surface area contributed by atoms with E-state index in [-0.39, 0.29) is 0 Å². The molecule has 0 spiro atoms. The van der Waals surface area contributed by atoms with E-state index in [9.17, 15) is 0 Å². The zero-order valence-corrected chi connectivity index (χ0v) is 5.84. The average molecular weight is 122 g/mol. The molecule has 0 nitrogen and oxygen atoms in total. The Hall–Kier alpha value is -0.520. The smallest absolute Gasteiger partial charge is 0.0347 e. The minimum absolute atomic E-state index is 0.870. The highest BCUT2D eigenvalue weighted by Gasteiger charge is 1.68. The first-order valence-corrected chi connectivity index (χ1v) is 3.32. The summed E-state index contributed by atoms with van der Waals surface area (Å²) in [5, 5.41) is 0. The summed E-state index contributed by atoms with van der Waals surface area (Å²) in [6.45, 7) is 7.39. The molecule has 0 heterocycles. The molecule has 50 valence electrons. The molecule has 0 N–H and O–H groups in total. The minimum Gasteiger partial charge on any atom is -0.0845 e. The molecular weight excluding hydrogens is 108 g/mol. The fraction of sp³-hybridized carbons (Fsp3) is 0.333. The second kappa shape index (κ2) is 7.48. The van der Waals surface area contributed by atoms with Gasteiger partial charge in [-0.3, -0.25) is 0 Å². The van der Waals surface area contributed by atoms with Crippen molar-refractivity contribution in [3.63, 3.8) is 0 Å². The van der Waals surface area contributed by atoms with Gasteiger partial charge in [0.15, 0.2) is 0 Å². The number of hydrogen-bond acceptors (Lipinski definition) is 0. The van der Waals surface area contributed by atoms with Crippen LogP contribution in [-0.4, -0.2) is 0 Å². The largest absolute Gasteiger partial charge is 0.0845 e. The molecule has 0 aromatic rings. The Balaban J connectivity index is 3.13. The van der Waals surface area contributed by atoms with E-state index < -0.39 is 0 Å². The molecule has 2 radical (unpaired) electrons. The van der Waals surface area contributed by atoms with Gasteiger partial charge in [-0.1, -0.05) is 31.2 Å². The lowest BCUT2D eigenvalue weighted by Gasteiger charge is -1.79. The SMILES string of the molecule is [CH2]C/C=C/C=C/CC[CH2]. The maximum atomic E-state index is 3.72. The van der Waals surface area contributed by atoms with Gasteiger partial charge < -0.3 is 0 Å². The second-order valence-corrected chi connectivity index (χ2v) is 1.79. The molecule has 0 saturated heterocycles. The van der Waals surface area contributed by atoms with Gasteiger partial charge in [-0.15, -0.1) is 0 Å². The van der Waals surface area contributed by atoms with Gasteiger partial charge in [0.25, 0.3) is 0 Å². The van der Waals surface area contributed by atoms with Crippen LogP contribution in [0.2, 0.25) is 0 Å². The summed E-state index contributed by atoms with van der Waals surface area (Å²) < 4.78 is 0. The van der Waals surface area contributed by atoms with Crippen molar-refractivity contribution >= 4 is 0 Å². The Labute approximate surface area is 58.3 Å². The van der Waals surface area contributed by atoms with Crippen molar-refractivity contribution in [2.24, 2.45) is 0 Å². The monoisotopic (exact) mass is 122 g/mol. The Morgan fingerprint density at radius 3 is 2.22 bits per heavy atom. The summed E-state index contributed by atoms with van der Waals surface area (Å²) in [7, 11) is 0. The Bertz CT molecular complexity index is 88.2. The molecule has 0 bridgehead atoms. The lowest BCUT2D eigenvalue weighted by atomic mass is 10.3. The van der Waals surface area contributed by atoms with Gasteiger partial charge in [0.05, 0.1) is 0 Å². The van der Waals surface area contributed by atoms with Gasteiger partial charge in [0.1, 0.15) is 0 Å². The molecule has 0 atom stereocenters. The van der Waals surface area contributed by atoms with E-state index in [1.165, 1.54) is 0 Å². The molecule has 0 fully saturated rings. The summed E-state index contributed by atoms with van der Waals surface area (Å²) in [5.74, 6) is 0. The minimum atomic E-state index is 0.870. The van der Waals surface area contributed by atoms with Crippen LogP contribution in [0.1, 0.15) is 19.3 Å². The summed E-state index contributed by atoms with van der Waals surface area (Å²) in [6.07, 6.45) is 11.1. The summed E-state index contributed by atoms with van der Waals surface area (Å²) >= 11 is 0. The second-order valence-electron chi connectivity index (χ2n) is 1.79. The van der Waals surface area contributed by atoms with Crippen LogP contribution in [0.15, 0.2) is 24.3 Å². The number of rotatable bonds is 4. The van der Waals surface area contributed by atoms with Gasteiger partial charge in [-0.2, -0.15) is 0 Å². The summed E-state index contributed by atoms with van der Waals surface area (Å²) in [6, 6.07) is 0. The summed E-state index contributed by atoms with van der Waals surface area (Å²) in [4.78, 5) is 0. The van der Waals surface area contributed by atoms with Crippen molar-refractivity contribution < 1.29 is 0 Å². The van der Waals surface area contributed by atoms with Crippen molar-refractivity contribution in [3.05, 3.63) is 38.2 Å². The maximum Gasteiger partial charge on any atom is -0.0347 e. The normalized spacial score (nSPS) is 11.8. The average Bonchev–Trinajstić information content (AvgIpc) is 1.89. The van der Waals surface area contributed by atoms with E-state index in [1.54, 1.807) is 0 Å². The highest BCUT2D eigenvalue weighted by atomic mass is 13.7. The highest BCUT2D eigenvalue weighted by molar-refractivity contribution is 5.02. The van der Waals surface area contributed by atoms with Crippen molar-refractivity contribution in [3.8, 4) is 0 Å². The predicted octanol–water partition coefficient (Wildman–Crippen LogP) is 2.94. The topological polar surface area (TPSA) is 0 Å². The zero-order chi connectivity index (χ0) is 6.95. The maximum absolute atomic E-state index is 3.72. The predicted molar refractivity (Wildman–Crippen MR) is 42.8 cm³/mol. The van der Waals surface area contributed by atoms with E-state index >= 15 is 0 Å². The third-order valence-electron chi connectivity index (χ3n) is 0.921. The molecule has 9 heavy (non-hydrogen) atoms. The van der Waals surface area contributed by atoms with E-state index in [0.717, 1.165) is 19.3 Å². The van der Waals surface area contributed by atoms with E-state index in [0.29, 0.717) is 0 Å². The third-order valence-corrected chi connectivity index (χ3v) is 0.921. The van der Waals surface area contributed by atoms with Crippen molar-refractivity contribution in [2.45, 2.75) is 19.3 Å². The molecule has 0 aliphatic carbocycles. The number of unbranched alkanes of at least 4 members (excludes halogenated alkanes) is 1. The van der Waals surface area contributed by atoms with Gasteiger partial charge in [0.2, 0.25) is 0 Å². The lowest BCUT2D eigenvalue weighted by molar-refractivity contribution is 1.05. The van der Waals surface area contributed by atoms with Gasteiger partial charge in [0, 0.05) is 0 Å². The molecule has 0 aliphatic heterocycles. The number of hydrogen-bond donors (Lipinski definition) is 0. The fourth-order valence-corrected chi connectivity index (χ4v) is 0.467. The van der Waals surface area contributed by atoms with Crippen molar-refractivity contribution in [1.29, 1.82) is 0 Å². The fourth-order valence-electron chi connectivity index (χ4n) is 0.467. The summed E-state index contributed by atoms with van der Waals surface area (Å²) in [5.41, 5.74) is 0. The van der Waals surface area contributed by atoms with Gasteiger partial charge >= 0.3 is 0 Å². The van der Waals surface area contributed by atoms with E-state index in [4.69, 9.17) is 0 Å². The first kappa shape index (κ1) is 8.48. The van der Waals surface area contributed by atoms with Crippen molar-refractivity contribution in [2.75, 3.05) is 0 Å². The quantitative estimate of drug-likeness (QED) is 0.503. The van der Waals surface area contributed by atoms with Gasteiger partial charge in [-0.05, 0) is 26.2 Å². The van der Waals surface area contributed by atoms with Crippen LogP contribution in [0.3, 0.4) is 0 Å². The van der Waals surface area contributed by atoms with Crippen LogP contribution in [0.25, 0.3) is 0 Å². The van der Waals surface area contributed by atoms with Crippen molar-refractivity contribution in [1.82, 2.24) is 0 Å². The van der Waals surface area contributed by atoms with Crippen LogP contribution < -0.4 is 0 Å². The molecule has 0 aromatic heterocycles. The van der Waals surface area contributed by atoms with E-state index in [1.807, 2.05) is 18.2 Å². The van der Waals surface area contributed by atoms with Crippen LogP contribution in [0.4, 0.5) is 0 Å². The van der Waals surface area contributed by atoms with E-state index in [2.05, 4.69) is 19.9 Å². The lowest BCUT2D eigenvalue weighted by Crippen LogP contribution is -1.59.